The Morgan fingerprint density at radius 1 is 1.36 bits per heavy atom. The van der Waals surface area contributed by atoms with E-state index in [9.17, 15) is 9.18 Å². The number of amides is 1. The molecule has 3 rings (SSSR count). The Bertz CT molecular complexity index is 565. The van der Waals surface area contributed by atoms with E-state index < -0.39 is 5.82 Å². The molecule has 2 bridgehead atoms. The minimum Gasteiger partial charge on any atom is -0.494 e. The maximum absolute atomic E-state index is 13.5. The Labute approximate surface area is 128 Å². The van der Waals surface area contributed by atoms with Crippen molar-refractivity contribution in [3.05, 3.63) is 29.6 Å². The minimum atomic E-state index is -0.478. The average molecular weight is 309 g/mol. The molecular weight excluding hydrogens is 289 g/mol. The molecule has 1 aromatic carbocycles. The maximum atomic E-state index is 13.5. The smallest absolute Gasteiger partial charge is 0.254 e. The highest BCUT2D eigenvalue weighted by molar-refractivity contribution is 5.95. The molecule has 2 fully saturated rings. The number of benzene rings is 1. The van der Waals surface area contributed by atoms with Gasteiger partial charge in [-0.05, 0) is 31.0 Å². The van der Waals surface area contributed by atoms with E-state index in [0.29, 0.717) is 18.7 Å². The molecule has 6 heteroatoms. The molecule has 1 saturated carbocycles. The first kappa shape index (κ1) is 15.2. The van der Waals surface area contributed by atoms with Crippen LogP contribution in [0, 0.1) is 5.82 Å². The Balaban J connectivity index is 1.87. The monoisotopic (exact) mass is 309 g/mol. The standard InChI is InChI=1S/C16H20FNO4/c1-20-14-9-10(3-4-11(14)17)16(19)18-7-8-22-13-6-5-12(18)15(13)21-2/h3-4,9,12-13,15H,5-8H2,1-2H3/t12-,13-,15-/m0/s1. The Kier molecular flexibility index (Phi) is 4.31. The van der Waals surface area contributed by atoms with Gasteiger partial charge in [0.05, 0.1) is 25.9 Å². The zero-order valence-electron chi connectivity index (χ0n) is 12.8. The van der Waals surface area contributed by atoms with Crippen LogP contribution >= 0.6 is 0 Å². The summed E-state index contributed by atoms with van der Waals surface area (Å²) in [6, 6.07) is 4.18. The third-order valence-corrected chi connectivity index (χ3v) is 4.49. The van der Waals surface area contributed by atoms with Crippen molar-refractivity contribution in [3.8, 4) is 5.75 Å². The fourth-order valence-electron chi connectivity index (χ4n) is 3.41. The van der Waals surface area contributed by atoms with E-state index in [1.165, 1.54) is 25.3 Å². The summed E-state index contributed by atoms with van der Waals surface area (Å²) < 4.78 is 29.8. The van der Waals surface area contributed by atoms with Crippen molar-refractivity contribution in [3.63, 3.8) is 0 Å². The second kappa shape index (κ2) is 6.22. The zero-order chi connectivity index (χ0) is 15.7. The number of hydrogen-bond acceptors (Lipinski definition) is 4. The number of rotatable bonds is 3. The summed E-state index contributed by atoms with van der Waals surface area (Å²) >= 11 is 0. The van der Waals surface area contributed by atoms with Crippen LogP contribution in [-0.4, -0.2) is 56.4 Å². The molecule has 1 saturated heterocycles. The van der Waals surface area contributed by atoms with Crippen LogP contribution in [-0.2, 0) is 9.47 Å². The molecule has 1 aromatic rings. The van der Waals surface area contributed by atoms with Gasteiger partial charge in [-0.15, -0.1) is 0 Å². The van der Waals surface area contributed by atoms with E-state index in [-0.39, 0.29) is 29.9 Å². The van der Waals surface area contributed by atoms with E-state index in [2.05, 4.69) is 0 Å². The number of carbonyl (C=O) groups is 1. The molecule has 3 atom stereocenters. The van der Waals surface area contributed by atoms with Crippen LogP contribution in [0.5, 0.6) is 5.75 Å². The van der Waals surface area contributed by atoms with Crippen LogP contribution < -0.4 is 4.74 Å². The molecule has 0 spiro atoms. The van der Waals surface area contributed by atoms with E-state index in [4.69, 9.17) is 14.2 Å². The van der Waals surface area contributed by atoms with Gasteiger partial charge in [0.25, 0.3) is 5.91 Å². The molecule has 1 aliphatic heterocycles. The van der Waals surface area contributed by atoms with Gasteiger partial charge in [-0.2, -0.15) is 0 Å². The number of carbonyl (C=O) groups excluding carboxylic acids is 1. The number of ether oxygens (including phenoxy) is 3. The van der Waals surface area contributed by atoms with Gasteiger partial charge in [-0.1, -0.05) is 0 Å². The van der Waals surface area contributed by atoms with Gasteiger partial charge in [0.1, 0.15) is 6.10 Å². The molecular formula is C16H20FNO4. The first-order valence-corrected chi connectivity index (χ1v) is 7.44. The van der Waals surface area contributed by atoms with Gasteiger partial charge >= 0.3 is 0 Å². The summed E-state index contributed by atoms with van der Waals surface area (Å²) in [6.07, 6.45) is 1.69. The third-order valence-electron chi connectivity index (χ3n) is 4.49. The summed E-state index contributed by atoms with van der Waals surface area (Å²) in [5, 5.41) is 0. The van der Waals surface area contributed by atoms with Crippen molar-refractivity contribution in [2.75, 3.05) is 27.4 Å². The van der Waals surface area contributed by atoms with Gasteiger partial charge in [0.15, 0.2) is 11.6 Å². The van der Waals surface area contributed by atoms with Gasteiger partial charge < -0.3 is 19.1 Å². The van der Waals surface area contributed by atoms with Gasteiger partial charge in [0.2, 0.25) is 0 Å². The van der Waals surface area contributed by atoms with Crippen molar-refractivity contribution < 1.29 is 23.4 Å². The van der Waals surface area contributed by atoms with Crippen LogP contribution in [0.1, 0.15) is 23.2 Å². The van der Waals surface area contributed by atoms with E-state index >= 15 is 0 Å². The second-order valence-electron chi connectivity index (χ2n) is 5.60. The molecule has 2 aliphatic rings. The van der Waals surface area contributed by atoms with Crippen molar-refractivity contribution in [2.24, 2.45) is 0 Å². The summed E-state index contributed by atoms with van der Waals surface area (Å²) in [5.74, 6) is -0.546. The molecule has 0 aromatic heterocycles. The zero-order valence-corrected chi connectivity index (χ0v) is 12.8. The van der Waals surface area contributed by atoms with Crippen molar-refractivity contribution >= 4 is 5.91 Å². The molecule has 1 aliphatic carbocycles. The topological polar surface area (TPSA) is 48.0 Å². The average Bonchev–Trinajstić information content (AvgIpc) is 2.82. The van der Waals surface area contributed by atoms with E-state index in [1.807, 2.05) is 0 Å². The van der Waals surface area contributed by atoms with Crippen molar-refractivity contribution in [2.45, 2.75) is 31.1 Å². The Hall–Kier alpha value is -1.66. The SMILES string of the molecule is COc1cc(C(=O)N2CCO[C@H]3CC[C@H]2[C@@H]3OC)ccc1F. The highest BCUT2D eigenvalue weighted by atomic mass is 19.1. The van der Waals surface area contributed by atoms with Gasteiger partial charge in [-0.3, -0.25) is 4.79 Å². The maximum Gasteiger partial charge on any atom is 0.254 e. The predicted octanol–water partition coefficient (Wildman–Crippen LogP) is 1.85. The minimum absolute atomic E-state index is 0.000970. The third kappa shape index (κ3) is 2.57. The highest BCUT2D eigenvalue weighted by Crippen LogP contribution is 2.32. The molecule has 0 N–H and O–H groups in total. The number of halogens is 1. The fourth-order valence-corrected chi connectivity index (χ4v) is 3.41. The van der Waals surface area contributed by atoms with E-state index in [1.54, 1.807) is 12.0 Å². The van der Waals surface area contributed by atoms with Crippen molar-refractivity contribution in [1.29, 1.82) is 0 Å². The first-order valence-electron chi connectivity index (χ1n) is 7.44. The van der Waals surface area contributed by atoms with E-state index in [0.717, 1.165) is 12.8 Å². The highest BCUT2D eigenvalue weighted by Gasteiger charge is 2.44. The Morgan fingerprint density at radius 3 is 2.91 bits per heavy atom. The largest absolute Gasteiger partial charge is 0.494 e. The lowest BCUT2D eigenvalue weighted by Gasteiger charge is -2.30. The lowest BCUT2D eigenvalue weighted by molar-refractivity contribution is -0.0316. The normalized spacial score (nSPS) is 27.6. The number of hydrogen-bond donors (Lipinski definition) is 0. The molecule has 1 heterocycles. The van der Waals surface area contributed by atoms with Crippen LogP contribution in [0.25, 0.3) is 0 Å². The van der Waals surface area contributed by atoms with Crippen molar-refractivity contribution in [1.82, 2.24) is 4.90 Å². The number of nitrogens with zero attached hydrogens (tertiary/aromatic N) is 1. The van der Waals surface area contributed by atoms with Crippen LogP contribution in [0.3, 0.4) is 0 Å². The summed E-state index contributed by atoms with van der Waals surface area (Å²) in [4.78, 5) is 14.6. The summed E-state index contributed by atoms with van der Waals surface area (Å²) in [6.45, 7) is 1.00. The molecule has 0 radical (unpaired) electrons. The summed E-state index contributed by atoms with van der Waals surface area (Å²) in [5.41, 5.74) is 0.415. The fraction of sp³-hybridized carbons (Fsp3) is 0.562. The van der Waals surface area contributed by atoms with Crippen LogP contribution in [0.2, 0.25) is 0 Å². The van der Waals surface area contributed by atoms with Gasteiger partial charge in [0, 0.05) is 19.2 Å². The molecule has 120 valence electrons. The number of fused-ring (bicyclic) bond motifs is 2. The second-order valence-corrected chi connectivity index (χ2v) is 5.60. The predicted molar refractivity (Wildman–Crippen MR) is 77.5 cm³/mol. The van der Waals surface area contributed by atoms with Crippen LogP contribution in [0.15, 0.2) is 18.2 Å². The first-order chi connectivity index (χ1) is 10.7. The van der Waals surface area contributed by atoms with Crippen LogP contribution in [0.4, 0.5) is 4.39 Å². The van der Waals surface area contributed by atoms with Gasteiger partial charge in [-0.25, -0.2) is 4.39 Å². The number of methoxy groups -OCH3 is 2. The Morgan fingerprint density at radius 2 is 2.18 bits per heavy atom. The molecule has 5 nitrogen and oxygen atoms in total. The molecule has 0 unspecified atom stereocenters. The quantitative estimate of drug-likeness (QED) is 0.855. The lowest BCUT2D eigenvalue weighted by atomic mass is 10.1. The lowest BCUT2D eigenvalue weighted by Crippen LogP contribution is -2.46. The summed E-state index contributed by atoms with van der Waals surface area (Å²) in [7, 11) is 3.03. The molecule has 1 amide bonds. The molecule has 22 heavy (non-hydrogen) atoms.